The first-order valence-electron chi connectivity index (χ1n) is 12.6. The number of hydrogen-bond donors (Lipinski definition) is 2. The summed E-state index contributed by atoms with van der Waals surface area (Å²) in [6.07, 6.45) is 0.0861. The Hall–Kier alpha value is -3.62. The van der Waals surface area contributed by atoms with Crippen LogP contribution in [0.3, 0.4) is 0 Å². The molecule has 0 bridgehead atoms. The molecule has 0 aliphatic carbocycles. The Balaban J connectivity index is 1.62. The molecule has 0 spiro atoms. The Morgan fingerprint density at radius 3 is 2.26 bits per heavy atom. The van der Waals surface area contributed by atoms with E-state index in [1.54, 1.807) is 24.3 Å². The quantitative estimate of drug-likeness (QED) is 0.233. The topological polar surface area (TPSA) is 90.6 Å². The molecule has 0 unspecified atom stereocenters. The summed E-state index contributed by atoms with van der Waals surface area (Å²) in [6.45, 7) is 2.84. The van der Waals surface area contributed by atoms with Gasteiger partial charge >= 0.3 is 5.97 Å². The molecule has 3 aromatic rings. The van der Waals surface area contributed by atoms with Gasteiger partial charge < -0.3 is 20.5 Å². The fourth-order valence-corrected chi connectivity index (χ4v) is 4.10. The molecule has 3 aromatic carbocycles. The number of benzene rings is 3. The molecule has 0 amide bonds. The van der Waals surface area contributed by atoms with Gasteiger partial charge in [0.2, 0.25) is 0 Å². The number of methoxy groups -OCH3 is 1. The van der Waals surface area contributed by atoms with Crippen LogP contribution in [0.1, 0.15) is 46.8 Å². The molecule has 0 aliphatic heterocycles. The average molecular weight is 525 g/mol. The lowest BCUT2D eigenvalue weighted by molar-refractivity contribution is -0.149. The molecule has 0 aliphatic rings. The molecule has 0 saturated carbocycles. The third-order valence-electron chi connectivity index (χ3n) is 6.20. The Kier molecular flexibility index (Phi) is 10.9. The van der Waals surface area contributed by atoms with Crippen LogP contribution in [0.4, 0.5) is 8.78 Å². The van der Waals surface area contributed by atoms with E-state index < -0.39 is 29.7 Å². The number of ether oxygens (including phenoxy) is 2. The van der Waals surface area contributed by atoms with E-state index in [-0.39, 0.29) is 31.6 Å². The van der Waals surface area contributed by atoms with Gasteiger partial charge in [-0.05, 0) is 65.9 Å². The molecule has 2 atom stereocenters. The van der Waals surface area contributed by atoms with Crippen molar-refractivity contribution < 1.29 is 27.8 Å². The molecule has 38 heavy (non-hydrogen) atoms. The van der Waals surface area contributed by atoms with Gasteiger partial charge in [0, 0.05) is 37.2 Å². The van der Waals surface area contributed by atoms with E-state index in [1.165, 1.54) is 24.8 Å². The summed E-state index contributed by atoms with van der Waals surface area (Å²) < 4.78 is 38.1. The van der Waals surface area contributed by atoms with E-state index in [0.29, 0.717) is 23.4 Å². The van der Waals surface area contributed by atoms with Gasteiger partial charge in [0.25, 0.3) is 0 Å². The molecular weight excluding hydrogens is 490 g/mol. The average Bonchev–Trinajstić information content (AvgIpc) is 2.90. The second kappa shape index (κ2) is 14.4. The zero-order chi connectivity index (χ0) is 27.5. The maximum absolute atomic E-state index is 13.7. The standard InChI is InChI=1S/C30H34F2N2O4/c1-3-20-5-4-6-21(13-20)18-34-19-29(27(33)16-22-14-24(31)17-25(32)15-22)38-30(36)12-11-28(35)23-7-9-26(37-2)10-8-23/h4-10,13-15,17,27,29,34H,3,11-12,16,18-19,33H2,1-2H3/t27-,29+/m0/s1. The number of rotatable bonds is 14. The van der Waals surface area contributed by atoms with Gasteiger partial charge in [0.05, 0.1) is 13.5 Å². The van der Waals surface area contributed by atoms with E-state index >= 15 is 0 Å². The number of esters is 1. The van der Waals surface area contributed by atoms with Crippen molar-refractivity contribution in [3.05, 3.63) is 101 Å². The van der Waals surface area contributed by atoms with Crippen molar-refractivity contribution >= 4 is 11.8 Å². The number of ketones is 1. The first-order chi connectivity index (χ1) is 18.3. The molecule has 0 aromatic heterocycles. The fraction of sp³-hybridized carbons (Fsp3) is 0.333. The van der Waals surface area contributed by atoms with E-state index in [0.717, 1.165) is 18.1 Å². The number of aryl methyl sites for hydroxylation is 1. The Morgan fingerprint density at radius 1 is 0.921 bits per heavy atom. The van der Waals surface area contributed by atoms with Crippen LogP contribution in [0.2, 0.25) is 0 Å². The maximum Gasteiger partial charge on any atom is 0.306 e. The van der Waals surface area contributed by atoms with Gasteiger partial charge in [-0.15, -0.1) is 0 Å². The van der Waals surface area contributed by atoms with Crippen molar-refractivity contribution in [1.29, 1.82) is 0 Å². The number of Topliss-reactive ketones (excluding diaryl/α,β-unsaturated/α-hetero) is 1. The van der Waals surface area contributed by atoms with Crippen LogP contribution in [-0.4, -0.2) is 37.6 Å². The van der Waals surface area contributed by atoms with Crippen LogP contribution in [-0.2, 0) is 28.9 Å². The maximum atomic E-state index is 13.7. The number of halogens is 2. The number of carbonyl (C=O) groups is 2. The molecule has 6 nitrogen and oxygen atoms in total. The van der Waals surface area contributed by atoms with E-state index in [2.05, 4.69) is 24.4 Å². The molecule has 3 rings (SSSR count). The Morgan fingerprint density at radius 2 is 1.61 bits per heavy atom. The van der Waals surface area contributed by atoms with Gasteiger partial charge in [-0.25, -0.2) is 8.78 Å². The number of carbonyl (C=O) groups excluding carboxylic acids is 2. The van der Waals surface area contributed by atoms with Gasteiger partial charge in [0.15, 0.2) is 5.78 Å². The smallest absolute Gasteiger partial charge is 0.306 e. The highest BCUT2D eigenvalue weighted by molar-refractivity contribution is 5.97. The molecule has 0 radical (unpaired) electrons. The lowest BCUT2D eigenvalue weighted by atomic mass is 10.0. The van der Waals surface area contributed by atoms with Crippen molar-refractivity contribution in [3.63, 3.8) is 0 Å². The van der Waals surface area contributed by atoms with Crippen molar-refractivity contribution in [2.75, 3.05) is 13.7 Å². The first kappa shape index (κ1) is 28.9. The second-order valence-electron chi connectivity index (χ2n) is 9.13. The van der Waals surface area contributed by atoms with Gasteiger partial charge in [0.1, 0.15) is 23.5 Å². The fourth-order valence-electron chi connectivity index (χ4n) is 4.10. The predicted molar refractivity (Wildman–Crippen MR) is 142 cm³/mol. The monoisotopic (exact) mass is 524 g/mol. The van der Waals surface area contributed by atoms with E-state index in [1.807, 2.05) is 12.1 Å². The van der Waals surface area contributed by atoms with Crippen LogP contribution < -0.4 is 15.8 Å². The Labute approximate surface area is 222 Å². The molecule has 202 valence electrons. The molecule has 8 heteroatoms. The second-order valence-corrected chi connectivity index (χ2v) is 9.13. The summed E-state index contributed by atoms with van der Waals surface area (Å²) in [5, 5.41) is 3.27. The van der Waals surface area contributed by atoms with Gasteiger partial charge in [-0.1, -0.05) is 31.2 Å². The highest BCUT2D eigenvalue weighted by atomic mass is 19.1. The summed E-state index contributed by atoms with van der Waals surface area (Å²) in [4.78, 5) is 25.2. The summed E-state index contributed by atoms with van der Waals surface area (Å²) in [5.74, 6) is -1.55. The third kappa shape index (κ3) is 9.04. The summed E-state index contributed by atoms with van der Waals surface area (Å²) in [7, 11) is 1.54. The van der Waals surface area contributed by atoms with Crippen LogP contribution in [0.5, 0.6) is 5.75 Å². The zero-order valence-corrected chi connectivity index (χ0v) is 21.7. The summed E-state index contributed by atoms with van der Waals surface area (Å²) >= 11 is 0. The van der Waals surface area contributed by atoms with Crippen LogP contribution in [0.15, 0.2) is 66.7 Å². The molecule has 3 N–H and O–H groups in total. The highest BCUT2D eigenvalue weighted by Crippen LogP contribution is 2.15. The highest BCUT2D eigenvalue weighted by Gasteiger charge is 2.23. The largest absolute Gasteiger partial charge is 0.497 e. The third-order valence-corrected chi connectivity index (χ3v) is 6.20. The van der Waals surface area contributed by atoms with E-state index in [4.69, 9.17) is 15.2 Å². The minimum Gasteiger partial charge on any atom is -0.497 e. The van der Waals surface area contributed by atoms with Crippen molar-refractivity contribution in [1.82, 2.24) is 5.32 Å². The van der Waals surface area contributed by atoms with E-state index in [9.17, 15) is 18.4 Å². The number of nitrogens with two attached hydrogens (primary N) is 1. The zero-order valence-electron chi connectivity index (χ0n) is 21.7. The number of hydrogen-bond acceptors (Lipinski definition) is 6. The Bertz CT molecular complexity index is 1200. The van der Waals surface area contributed by atoms with Crippen LogP contribution in [0, 0.1) is 11.6 Å². The van der Waals surface area contributed by atoms with Crippen molar-refractivity contribution in [2.24, 2.45) is 5.73 Å². The lowest BCUT2D eigenvalue weighted by Crippen LogP contribution is -2.46. The predicted octanol–water partition coefficient (Wildman–Crippen LogP) is 4.77. The van der Waals surface area contributed by atoms with Crippen LogP contribution >= 0.6 is 0 Å². The molecule has 0 heterocycles. The molecule has 0 fully saturated rings. The first-order valence-corrected chi connectivity index (χ1v) is 12.6. The summed E-state index contributed by atoms with van der Waals surface area (Å²) in [6, 6.07) is 17.2. The lowest BCUT2D eigenvalue weighted by Gasteiger charge is -2.25. The van der Waals surface area contributed by atoms with Crippen LogP contribution in [0.25, 0.3) is 0 Å². The normalized spacial score (nSPS) is 12.6. The minimum absolute atomic E-state index is 0.0283. The molecular formula is C30H34F2N2O4. The van der Waals surface area contributed by atoms with Gasteiger partial charge in [-0.2, -0.15) is 0 Å². The number of nitrogens with one attached hydrogen (secondary N) is 1. The van der Waals surface area contributed by atoms with Gasteiger partial charge in [-0.3, -0.25) is 9.59 Å². The van der Waals surface area contributed by atoms with Crippen molar-refractivity contribution in [2.45, 2.75) is 51.3 Å². The molecule has 0 saturated heterocycles. The SMILES string of the molecule is CCc1cccc(CNC[C@@H](OC(=O)CCC(=O)c2ccc(OC)cc2)[C@@H](N)Cc2cc(F)cc(F)c2)c1. The van der Waals surface area contributed by atoms with Crippen molar-refractivity contribution in [3.8, 4) is 5.75 Å². The minimum atomic E-state index is -0.778. The summed E-state index contributed by atoms with van der Waals surface area (Å²) in [5.41, 5.74) is 9.46.